The molecule has 0 saturated heterocycles. The zero-order chi connectivity index (χ0) is 13.1. The summed E-state index contributed by atoms with van der Waals surface area (Å²) in [6.07, 6.45) is 0. The molecule has 1 heterocycles. The Balaban J connectivity index is 2.25. The van der Waals surface area contributed by atoms with E-state index in [2.05, 4.69) is 15.3 Å². The molecule has 0 spiro atoms. The van der Waals surface area contributed by atoms with Crippen LogP contribution in [0.4, 0.5) is 23.0 Å². The van der Waals surface area contributed by atoms with E-state index in [4.69, 9.17) is 5.73 Å². The third-order valence-corrected chi connectivity index (χ3v) is 2.49. The Morgan fingerprint density at radius 1 is 1.17 bits per heavy atom. The van der Waals surface area contributed by atoms with Gasteiger partial charge in [0, 0.05) is 31.5 Å². The highest BCUT2D eigenvalue weighted by molar-refractivity contribution is 5.64. The summed E-state index contributed by atoms with van der Waals surface area (Å²) < 4.78 is 0. The molecule has 0 amide bonds. The molecule has 2 aromatic rings. The summed E-state index contributed by atoms with van der Waals surface area (Å²) in [4.78, 5) is 10.4. The SMILES string of the molecule is Cc1nc(N)cc(Nc2cccc(N(C)C)c2)n1. The van der Waals surface area contributed by atoms with Crippen LogP contribution in [0.5, 0.6) is 0 Å². The number of rotatable bonds is 3. The lowest BCUT2D eigenvalue weighted by molar-refractivity contribution is 1.06. The normalized spacial score (nSPS) is 10.2. The Labute approximate surface area is 107 Å². The molecule has 3 N–H and O–H groups in total. The van der Waals surface area contributed by atoms with Crippen molar-refractivity contribution in [3.8, 4) is 0 Å². The average Bonchev–Trinajstić information content (AvgIpc) is 2.27. The van der Waals surface area contributed by atoms with E-state index in [1.807, 2.05) is 50.2 Å². The summed E-state index contributed by atoms with van der Waals surface area (Å²) in [5, 5.41) is 3.22. The molecule has 0 aliphatic heterocycles. The minimum Gasteiger partial charge on any atom is -0.384 e. The van der Waals surface area contributed by atoms with Crippen molar-refractivity contribution in [3.63, 3.8) is 0 Å². The van der Waals surface area contributed by atoms with Crippen molar-refractivity contribution in [2.24, 2.45) is 0 Å². The quantitative estimate of drug-likeness (QED) is 0.864. The molecule has 1 aromatic carbocycles. The van der Waals surface area contributed by atoms with Gasteiger partial charge < -0.3 is 16.0 Å². The van der Waals surface area contributed by atoms with E-state index < -0.39 is 0 Å². The van der Waals surface area contributed by atoms with Crippen molar-refractivity contribution in [2.75, 3.05) is 30.0 Å². The van der Waals surface area contributed by atoms with Gasteiger partial charge in [-0.25, -0.2) is 9.97 Å². The van der Waals surface area contributed by atoms with Crippen LogP contribution in [0.1, 0.15) is 5.82 Å². The molecule has 5 nitrogen and oxygen atoms in total. The maximum Gasteiger partial charge on any atom is 0.136 e. The topological polar surface area (TPSA) is 67.1 Å². The predicted octanol–water partition coefficient (Wildman–Crippen LogP) is 2.18. The number of nitrogens with two attached hydrogens (primary N) is 1. The van der Waals surface area contributed by atoms with Gasteiger partial charge in [-0.15, -0.1) is 0 Å². The number of aromatic nitrogens is 2. The molecule has 0 aliphatic rings. The summed E-state index contributed by atoms with van der Waals surface area (Å²) in [6.45, 7) is 1.82. The van der Waals surface area contributed by atoms with Gasteiger partial charge in [0.2, 0.25) is 0 Å². The van der Waals surface area contributed by atoms with Gasteiger partial charge in [0.1, 0.15) is 17.5 Å². The lowest BCUT2D eigenvalue weighted by Gasteiger charge is -2.14. The molecule has 0 saturated carbocycles. The van der Waals surface area contributed by atoms with Crippen molar-refractivity contribution in [1.29, 1.82) is 0 Å². The largest absolute Gasteiger partial charge is 0.384 e. The number of nitrogens with one attached hydrogen (secondary N) is 1. The molecule has 94 valence electrons. The van der Waals surface area contributed by atoms with Crippen molar-refractivity contribution < 1.29 is 0 Å². The van der Waals surface area contributed by atoms with Crippen LogP contribution in [0.3, 0.4) is 0 Å². The summed E-state index contributed by atoms with van der Waals surface area (Å²) in [6, 6.07) is 9.80. The Morgan fingerprint density at radius 2 is 1.94 bits per heavy atom. The minimum atomic E-state index is 0.466. The predicted molar refractivity (Wildman–Crippen MR) is 75.2 cm³/mol. The molecule has 0 atom stereocenters. The van der Waals surface area contributed by atoms with Gasteiger partial charge in [-0.1, -0.05) is 6.07 Å². The molecule has 0 bridgehead atoms. The van der Waals surface area contributed by atoms with Crippen LogP contribution in [0.15, 0.2) is 30.3 Å². The smallest absolute Gasteiger partial charge is 0.136 e. The van der Waals surface area contributed by atoms with Crippen molar-refractivity contribution in [1.82, 2.24) is 9.97 Å². The van der Waals surface area contributed by atoms with Gasteiger partial charge in [-0.05, 0) is 25.1 Å². The second kappa shape index (κ2) is 4.91. The zero-order valence-electron chi connectivity index (χ0n) is 10.8. The van der Waals surface area contributed by atoms with Gasteiger partial charge >= 0.3 is 0 Å². The first-order valence-corrected chi connectivity index (χ1v) is 5.70. The average molecular weight is 243 g/mol. The molecular formula is C13H17N5. The van der Waals surface area contributed by atoms with E-state index in [1.54, 1.807) is 6.07 Å². The number of benzene rings is 1. The molecule has 0 unspecified atom stereocenters. The highest BCUT2D eigenvalue weighted by Gasteiger charge is 2.01. The lowest BCUT2D eigenvalue weighted by atomic mass is 10.2. The number of nitrogen functional groups attached to an aromatic ring is 1. The first-order chi connectivity index (χ1) is 8.54. The molecule has 1 aromatic heterocycles. The van der Waals surface area contributed by atoms with Crippen molar-refractivity contribution in [3.05, 3.63) is 36.2 Å². The van der Waals surface area contributed by atoms with Gasteiger partial charge in [0.25, 0.3) is 0 Å². The highest BCUT2D eigenvalue weighted by atomic mass is 15.1. The number of anilines is 4. The fourth-order valence-electron chi connectivity index (χ4n) is 1.66. The number of aryl methyl sites for hydroxylation is 1. The van der Waals surface area contributed by atoms with Crippen LogP contribution in [0.2, 0.25) is 0 Å². The van der Waals surface area contributed by atoms with Gasteiger partial charge in [0.05, 0.1) is 0 Å². The Kier molecular flexibility index (Phi) is 3.32. The fourth-order valence-corrected chi connectivity index (χ4v) is 1.66. The van der Waals surface area contributed by atoms with Crippen LogP contribution < -0.4 is 16.0 Å². The Hall–Kier alpha value is -2.30. The third-order valence-electron chi connectivity index (χ3n) is 2.49. The maximum absolute atomic E-state index is 5.69. The molecule has 0 radical (unpaired) electrons. The summed E-state index contributed by atoms with van der Waals surface area (Å²) in [5.74, 6) is 1.82. The summed E-state index contributed by atoms with van der Waals surface area (Å²) in [5.41, 5.74) is 7.79. The Morgan fingerprint density at radius 3 is 2.61 bits per heavy atom. The lowest BCUT2D eigenvalue weighted by Crippen LogP contribution is -2.08. The standard InChI is InChI=1S/C13H17N5/c1-9-15-12(14)8-13(16-9)17-10-5-4-6-11(7-10)18(2)3/h4-8H,1-3H3,(H3,14,15,16,17). The van der Waals surface area contributed by atoms with E-state index in [0.29, 0.717) is 17.5 Å². The second-order valence-electron chi connectivity index (χ2n) is 4.30. The molecule has 18 heavy (non-hydrogen) atoms. The van der Waals surface area contributed by atoms with Crippen LogP contribution >= 0.6 is 0 Å². The molecule has 5 heteroatoms. The molecular weight excluding hydrogens is 226 g/mol. The van der Waals surface area contributed by atoms with E-state index in [1.165, 1.54) is 0 Å². The van der Waals surface area contributed by atoms with E-state index >= 15 is 0 Å². The van der Waals surface area contributed by atoms with Gasteiger partial charge in [-0.3, -0.25) is 0 Å². The minimum absolute atomic E-state index is 0.466. The van der Waals surface area contributed by atoms with Crippen molar-refractivity contribution >= 4 is 23.0 Å². The molecule has 2 rings (SSSR count). The second-order valence-corrected chi connectivity index (χ2v) is 4.30. The number of nitrogens with zero attached hydrogens (tertiary/aromatic N) is 3. The number of hydrogen-bond donors (Lipinski definition) is 2. The van der Waals surface area contributed by atoms with Gasteiger partial charge in [-0.2, -0.15) is 0 Å². The van der Waals surface area contributed by atoms with Gasteiger partial charge in [0.15, 0.2) is 0 Å². The molecule has 0 fully saturated rings. The first-order valence-electron chi connectivity index (χ1n) is 5.70. The van der Waals surface area contributed by atoms with E-state index in [0.717, 1.165) is 11.4 Å². The maximum atomic E-state index is 5.69. The summed E-state index contributed by atoms with van der Waals surface area (Å²) in [7, 11) is 4.01. The first kappa shape index (κ1) is 12.2. The molecule has 0 aliphatic carbocycles. The van der Waals surface area contributed by atoms with Crippen LogP contribution in [0.25, 0.3) is 0 Å². The zero-order valence-corrected chi connectivity index (χ0v) is 10.8. The van der Waals surface area contributed by atoms with Crippen LogP contribution in [-0.4, -0.2) is 24.1 Å². The summed E-state index contributed by atoms with van der Waals surface area (Å²) >= 11 is 0. The van der Waals surface area contributed by atoms with Crippen LogP contribution in [0, 0.1) is 6.92 Å². The van der Waals surface area contributed by atoms with Crippen molar-refractivity contribution in [2.45, 2.75) is 6.92 Å². The monoisotopic (exact) mass is 243 g/mol. The third kappa shape index (κ3) is 2.88. The Bertz CT molecular complexity index is 531. The fraction of sp³-hybridized carbons (Fsp3) is 0.231. The van der Waals surface area contributed by atoms with E-state index in [9.17, 15) is 0 Å². The highest BCUT2D eigenvalue weighted by Crippen LogP contribution is 2.21. The van der Waals surface area contributed by atoms with E-state index in [-0.39, 0.29) is 0 Å². The van der Waals surface area contributed by atoms with Crippen LogP contribution in [-0.2, 0) is 0 Å². The number of hydrogen-bond acceptors (Lipinski definition) is 5.